The minimum Gasteiger partial charge on any atom is -0.439 e. The predicted octanol–water partition coefficient (Wildman–Crippen LogP) is 2.53. The maximum absolute atomic E-state index is 10.7. The Labute approximate surface area is 123 Å². The van der Waals surface area contributed by atoms with Gasteiger partial charge in [-0.15, -0.1) is 0 Å². The summed E-state index contributed by atoms with van der Waals surface area (Å²) >= 11 is 5.78. The minimum atomic E-state index is -0.594. The molecule has 0 saturated carbocycles. The molecule has 0 aliphatic heterocycles. The van der Waals surface area contributed by atoms with Crippen LogP contribution >= 0.6 is 11.6 Å². The molecule has 0 spiro atoms. The van der Waals surface area contributed by atoms with Crippen molar-refractivity contribution in [3.63, 3.8) is 0 Å². The zero-order valence-corrected chi connectivity index (χ0v) is 11.2. The summed E-state index contributed by atoms with van der Waals surface area (Å²) in [4.78, 5) is 14.1. The summed E-state index contributed by atoms with van der Waals surface area (Å²) in [5, 5.41) is 22.0. The molecule has 0 aliphatic rings. The van der Waals surface area contributed by atoms with E-state index in [1.807, 2.05) is 0 Å². The van der Waals surface area contributed by atoms with Gasteiger partial charge < -0.3 is 15.7 Å². The van der Waals surface area contributed by atoms with Crippen LogP contribution in [-0.4, -0.2) is 21.0 Å². The maximum Gasteiger partial charge on any atom is 0.288 e. The van der Waals surface area contributed by atoms with Gasteiger partial charge in [-0.05, 0) is 12.1 Å². The Balaban J connectivity index is 2.26. The number of hydrogen-bond donors (Lipinski definition) is 2. The number of aromatic nitrogens is 1. The van der Waals surface area contributed by atoms with Crippen LogP contribution in [0.4, 0.5) is 5.69 Å². The Morgan fingerprint density at radius 1 is 1.43 bits per heavy atom. The molecular weight excluding hydrogens is 300 g/mol. The first-order chi connectivity index (χ1) is 10.0. The van der Waals surface area contributed by atoms with Gasteiger partial charge in [0.25, 0.3) is 5.69 Å². The van der Waals surface area contributed by atoms with Crippen molar-refractivity contribution in [1.82, 2.24) is 4.98 Å². The molecule has 21 heavy (non-hydrogen) atoms. The molecule has 0 unspecified atom stereocenters. The SMILES string of the molecule is NC(=NO)c1cccc(Oc2ccc([N+](=O)[O-])c(Cl)c2)n1. The van der Waals surface area contributed by atoms with Gasteiger partial charge in [0.2, 0.25) is 5.88 Å². The molecular formula is C12H9ClN4O4. The number of nitrogens with zero attached hydrogens (tertiary/aromatic N) is 3. The molecule has 1 heterocycles. The third-order valence-corrected chi connectivity index (χ3v) is 2.73. The molecule has 108 valence electrons. The zero-order chi connectivity index (χ0) is 15.4. The Bertz CT molecular complexity index is 720. The molecule has 0 amide bonds. The molecule has 2 aromatic rings. The smallest absolute Gasteiger partial charge is 0.288 e. The molecule has 2 rings (SSSR count). The highest BCUT2D eigenvalue weighted by Crippen LogP contribution is 2.30. The van der Waals surface area contributed by atoms with E-state index in [0.717, 1.165) is 0 Å². The van der Waals surface area contributed by atoms with Crippen LogP contribution in [0.1, 0.15) is 5.69 Å². The summed E-state index contributed by atoms with van der Waals surface area (Å²) in [5.41, 5.74) is 5.42. The van der Waals surface area contributed by atoms with Gasteiger partial charge >= 0.3 is 0 Å². The van der Waals surface area contributed by atoms with Crippen molar-refractivity contribution < 1.29 is 14.9 Å². The van der Waals surface area contributed by atoms with Gasteiger partial charge in [-0.2, -0.15) is 0 Å². The predicted molar refractivity (Wildman–Crippen MR) is 74.9 cm³/mol. The molecule has 1 aromatic heterocycles. The van der Waals surface area contributed by atoms with Crippen LogP contribution in [-0.2, 0) is 0 Å². The van der Waals surface area contributed by atoms with E-state index in [2.05, 4.69) is 10.1 Å². The number of oxime groups is 1. The Kier molecular flexibility index (Phi) is 4.19. The number of rotatable bonds is 4. The van der Waals surface area contributed by atoms with E-state index in [4.69, 9.17) is 27.3 Å². The van der Waals surface area contributed by atoms with Gasteiger partial charge in [-0.1, -0.05) is 22.8 Å². The fourth-order valence-electron chi connectivity index (χ4n) is 1.49. The van der Waals surface area contributed by atoms with Gasteiger partial charge in [0, 0.05) is 18.2 Å². The van der Waals surface area contributed by atoms with Crippen molar-refractivity contribution in [2.24, 2.45) is 10.9 Å². The summed E-state index contributed by atoms with van der Waals surface area (Å²) < 4.78 is 5.42. The molecule has 0 bridgehead atoms. The lowest BCUT2D eigenvalue weighted by Crippen LogP contribution is -2.14. The van der Waals surface area contributed by atoms with Crippen LogP contribution in [0.2, 0.25) is 5.02 Å². The number of hydrogen-bond acceptors (Lipinski definition) is 6. The second-order valence-electron chi connectivity index (χ2n) is 3.82. The van der Waals surface area contributed by atoms with Crippen LogP contribution in [0.5, 0.6) is 11.6 Å². The fourth-order valence-corrected chi connectivity index (χ4v) is 1.73. The highest BCUT2D eigenvalue weighted by Gasteiger charge is 2.13. The van der Waals surface area contributed by atoms with E-state index in [9.17, 15) is 10.1 Å². The van der Waals surface area contributed by atoms with Crippen LogP contribution < -0.4 is 10.5 Å². The average molecular weight is 309 g/mol. The normalized spacial score (nSPS) is 11.2. The average Bonchev–Trinajstić information content (AvgIpc) is 2.46. The highest BCUT2D eigenvalue weighted by molar-refractivity contribution is 6.32. The summed E-state index contributed by atoms with van der Waals surface area (Å²) in [5.74, 6) is 0.279. The van der Waals surface area contributed by atoms with Crippen molar-refractivity contribution >= 4 is 23.1 Å². The minimum absolute atomic E-state index is 0.0508. The molecule has 9 heteroatoms. The van der Waals surface area contributed by atoms with Crippen LogP contribution in [0.15, 0.2) is 41.6 Å². The van der Waals surface area contributed by atoms with E-state index < -0.39 is 4.92 Å². The third kappa shape index (κ3) is 3.37. The van der Waals surface area contributed by atoms with Crippen molar-refractivity contribution in [1.29, 1.82) is 0 Å². The molecule has 0 saturated heterocycles. The zero-order valence-electron chi connectivity index (χ0n) is 10.4. The monoisotopic (exact) mass is 308 g/mol. The van der Waals surface area contributed by atoms with Crippen LogP contribution in [0.25, 0.3) is 0 Å². The lowest BCUT2D eigenvalue weighted by Gasteiger charge is -2.06. The van der Waals surface area contributed by atoms with E-state index in [1.165, 1.54) is 24.3 Å². The first-order valence-electron chi connectivity index (χ1n) is 5.58. The molecule has 0 aliphatic carbocycles. The molecule has 0 radical (unpaired) electrons. The maximum atomic E-state index is 10.7. The highest BCUT2D eigenvalue weighted by atomic mass is 35.5. The molecule has 0 atom stereocenters. The number of benzene rings is 1. The largest absolute Gasteiger partial charge is 0.439 e. The van der Waals surface area contributed by atoms with Crippen LogP contribution in [0, 0.1) is 10.1 Å². The second-order valence-corrected chi connectivity index (χ2v) is 4.23. The number of nitro groups is 1. The first kappa shape index (κ1) is 14.5. The molecule has 3 N–H and O–H groups in total. The third-order valence-electron chi connectivity index (χ3n) is 2.43. The van der Waals surface area contributed by atoms with E-state index in [0.29, 0.717) is 0 Å². The standard InChI is InChI=1S/C12H9ClN4O4/c13-8-6-7(4-5-10(8)17(19)20)21-11-3-1-2-9(15-11)12(14)16-18/h1-6,18H,(H2,14,16). The molecule has 0 fully saturated rings. The summed E-state index contributed by atoms with van der Waals surface area (Å²) in [6, 6.07) is 8.60. The second kappa shape index (κ2) is 6.06. The van der Waals surface area contributed by atoms with Crippen molar-refractivity contribution in [3.05, 3.63) is 57.2 Å². The Hall–Kier alpha value is -2.87. The van der Waals surface area contributed by atoms with E-state index in [-0.39, 0.29) is 33.9 Å². The number of nitrogens with two attached hydrogens (primary N) is 1. The number of amidine groups is 1. The number of nitro benzene ring substituents is 1. The van der Waals surface area contributed by atoms with Gasteiger partial charge in [0.05, 0.1) is 4.92 Å². The summed E-state index contributed by atoms with van der Waals surface area (Å²) in [7, 11) is 0. The lowest BCUT2D eigenvalue weighted by atomic mass is 10.3. The van der Waals surface area contributed by atoms with E-state index >= 15 is 0 Å². The van der Waals surface area contributed by atoms with Gasteiger partial charge in [-0.3, -0.25) is 10.1 Å². The van der Waals surface area contributed by atoms with Gasteiger partial charge in [0.15, 0.2) is 5.84 Å². The summed E-state index contributed by atoms with van der Waals surface area (Å²) in [6.45, 7) is 0. The topological polar surface area (TPSA) is 124 Å². The Morgan fingerprint density at radius 2 is 2.19 bits per heavy atom. The number of halogens is 1. The number of pyridine rings is 1. The lowest BCUT2D eigenvalue weighted by molar-refractivity contribution is -0.384. The number of ether oxygens (including phenoxy) is 1. The van der Waals surface area contributed by atoms with Crippen molar-refractivity contribution in [2.75, 3.05) is 0 Å². The fraction of sp³-hybridized carbons (Fsp3) is 0. The summed E-state index contributed by atoms with van der Waals surface area (Å²) in [6.07, 6.45) is 0. The molecule has 1 aromatic carbocycles. The van der Waals surface area contributed by atoms with Crippen LogP contribution in [0.3, 0.4) is 0 Å². The van der Waals surface area contributed by atoms with Crippen molar-refractivity contribution in [2.45, 2.75) is 0 Å². The van der Waals surface area contributed by atoms with Gasteiger partial charge in [0.1, 0.15) is 16.5 Å². The quantitative estimate of drug-likeness (QED) is 0.294. The Morgan fingerprint density at radius 3 is 2.81 bits per heavy atom. The van der Waals surface area contributed by atoms with Gasteiger partial charge in [-0.25, -0.2) is 4.98 Å². The van der Waals surface area contributed by atoms with Crippen molar-refractivity contribution in [3.8, 4) is 11.6 Å². The van der Waals surface area contributed by atoms with E-state index in [1.54, 1.807) is 12.1 Å². The molecule has 8 nitrogen and oxygen atoms in total. The first-order valence-corrected chi connectivity index (χ1v) is 5.96.